The summed E-state index contributed by atoms with van der Waals surface area (Å²) in [7, 11) is 1.90. The monoisotopic (exact) mass is 179 g/mol. The molecule has 0 N–H and O–H groups in total. The maximum Gasteiger partial charge on any atom is 0.157 e. The van der Waals surface area contributed by atoms with E-state index in [9.17, 15) is 0 Å². The molecular weight excluding hydrogens is 170 g/mol. The molecule has 0 spiro atoms. The number of hydrogen-bond acceptors (Lipinski definition) is 3. The molecule has 0 aromatic carbocycles. The summed E-state index contributed by atoms with van der Waals surface area (Å²) in [5, 5.41) is 5.22. The van der Waals surface area contributed by atoms with Gasteiger partial charge in [-0.1, -0.05) is 0 Å². The standard InChI is InChI=1S/C8H9N3S/c1-11-8-6(4-10-11)3-7(12-2)5-9-8/h3-5H,1-2H3. The minimum Gasteiger partial charge on any atom is -0.250 e. The van der Waals surface area contributed by atoms with Gasteiger partial charge in [-0.2, -0.15) is 5.10 Å². The highest BCUT2D eigenvalue weighted by molar-refractivity contribution is 7.98. The van der Waals surface area contributed by atoms with Gasteiger partial charge in [0.15, 0.2) is 5.65 Å². The molecule has 0 saturated carbocycles. The maximum absolute atomic E-state index is 4.29. The summed E-state index contributed by atoms with van der Waals surface area (Å²) in [6.45, 7) is 0. The van der Waals surface area contributed by atoms with Gasteiger partial charge < -0.3 is 0 Å². The number of pyridine rings is 1. The van der Waals surface area contributed by atoms with Gasteiger partial charge in [-0.15, -0.1) is 11.8 Å². The van der Waals surface area contributed by atoms with Crippen molar-refractivity contribution >= 4 is 22.8 Å². The molecule has 2 rings (SSSR count). The minimum atomic E-state index is 0.938. The van der Waals surface area contributed by atoms with E-state index < -0.39 is 0 Å². The molecule has 3 nitrogen and oxygen atoms in total. The Kier molecular flexibility index (Phi) is 1.77. The molecule has 4 heteroatoms. The number of fused-ring (bicyclic) bond motifs is 1. The molecule has 0 radical (unpaired) electrons. The Labute approximate surface area is 74.8 Å². The van der Waals surface area contributed by atoms with E-state index >= 15 is 0 Å². The summed E-state index contributed by atoms with van der Waals surface area (Å²) in [5.74, 6) is 0. The van der Waals surface area contributed by atoms with Crippen molar-refractivity contribution in [1.29, 1.82) is 0 Å². The van der Waals surface area contributed by atoms with Crippen molar-refractivity contribution in [2.24, 2.45) is 7.05 Å². The molecule has 2 heterocycles. The van der Waals surface area contributed by atoms with Gasteiger partial charge in [0.25, 0.3) is 0 Å². The Morgan fingerprint density at radius 3 is 3.00 bits per heavy atom. The second kappa shape index (κ2) is 2.79. The summed E-state index contributed by atoms with van der Waals surface area (Å²) in [6, 6.07) is 2.10. The normalized spacial score (nSPS) is 10.8. The van der Waals surface area contributed by atoms with Crippen LogP contribution in [-0.4, -0.2) is 21.0 Å². The summed E-state index contributed by atoms with van der Waals surface area (Å²) in [5.41, 5.74) is 0.938. The van der Waals surface area contributed by atoms with Crippen LogP contribution in [0.4, 0.5) is 0 Å². The quantitative estimate of drug-likeness (QED) is 0.624. The fourth-order valence-electron chi connectivity index (χ4n) is 1.13. The molecule has 62 valence electrons. The number of rotatable bonds is 1. The topological polar surface area (TPSA) is 30.7 Å². The van der Waals surface area contributed by atoms with E-state index in [-0.39, 0.29) is 0 Å². The average Bonchev–Trinajstić information content (AvgIpc) is 2.47. The van der Waals surface area contributed by atoms with Crippen LogP contribution < -0.4 is 0 Å². The van der Waals surface area contributed by atoms with Gasteiger partial charge in [-0.05, 0) is 12.3 Å². The largest absolute Gasteiger partial charge is 0.250 e. The number of nitrogens with zero attached hydrogens (tertiary/aromatic N) is 3. The summed E-state index contributed by atoms with van der Waals surface area (Å²) < 4.78 is 1.78. The zero-order valence-corrected chi connectivity index (χ0v) is 7.80. The number of hydrogen-bond donors (Lipinski definition) is 0. The van der Waals surface area contributed by atoms with Crippen LogP contribution in [0.2, 0.25) is 0 Å². The van der Waals surface area contributed by atoms with Crippen LogP contribution in [-0.2, 0) is 7.05 Å². The van der Waals surface area contributed by atoms with Crippen LogP contribution in [0, 0.1) is 0 Å². The van der Waals surface area contributed by atoms with Crippen molar-refractivity contribution in [3.05, 3.63) is 18.5 Å². The molecule has 0 fully saturated rings. The third-order valence-corrected chi connectivity index (χ3v) is 2.48. The highest BCUT2D eigenvalue weighted by Crippen LogP contribution is 2.18. The van der Waals surface area contributed by atoms with E-state index in [4.69, 9.17) is 0 Å². The lowest BCUT2D eigenvalue weighted by Crippen LogP contribution is -1.90. The van der Waals surface area contributed by atoms with Crippen molar-refractivity contribution in [1.82, 2.24) is 14.8 Å². The lowest BCUT2D eigenvalue weighted by atomic mass is 10.4. The predicted molar refractivity (Wildman–Crippen MR) is 50.3 cm³/mol. The molecule has 0 atom stereocenters. The third-order valence-electron chi connectivity index (χ3n) is 1.78. The maximum atomic E-state index is 4.29. The van der Waals surface area contributed by atoms with E-state index in [1.165, 1.54) is 4.90 Å². The van der Waals surface area contributed by atoms with E-state index in [0.717, 1.165) is 11.0 Å². The molecule has 0 aliphatic rings. The van der Waals surface area contributed by atoms with Gasteiger partial charge in [0.1, 0.15) is 0 Å². The van der Waals surface area contributed by atoms with Gasteiger partial charge >= 0.3 is 0 Å². The molecule has 2 aromatic rings. The Morgan fingerprint density at radius 1 is 1.42 bits per heavy atom. The van der Waals surface area contributed by atoms with Crippen molar-refractivity contribution in [2.45, 2.75) is 4.90 Å². The van der Waals surface area contributed by atoms with E-state index in [2.05, 4.69) is 16.1 Å². The van der Waals surface area contributed by atoms with Crippen LogP contribution in [0.5, 0.6) is 0 Å². The van der Waals surface area contributed by atoms with Gasteiger partial charge in [0, 0.05) is 23.5 Å². The Morgan fingerprint density at radius 2 is 2.25 bits per heavy atom. The van der Waals surface area contributed by atoms with E-state index in [0.29, 0.717) is 0 Å². The summed E-state index contributed by atoms with van der Waals surface area (Å²) in [4.78, 5) is 5.47. The van der Waals surface area contributed by atoms with Gasteiger partial charge in [-0.25, -0.2) is 4.98 Å². The van der Waals surface area contributed by atoms with Crippen molar-refractivity contribution in [3.8, 4) is 0 Å². The number of thioether (sulfide) groups is 1. The van der Waals surface area contributed by atoms with Gasteiger partial charge in [0.2, 0.25) is 0 Å². The molecule has 2 aromatic heterocycles. The third kappa shape index (κ3) is 1.08. The average molecular weight is 179 g/mol. The fourth-order valence-corrected chi connectivity index (χ4v) is 1.54. The first-order chi connectivity index (χ1) is 5.81. The van der Waals surface area contributed by atoms with E-state index in [1.807, 2.05) is 25.7 Å². The lowest BCUT2D eigenvalue weighted by molar-refractivity contribution is 0.786. The van der Waals surface area contributed by atoms with Crippen molar-refractivity contribution in [2.75, 3.05) is 6.26 Å². The van der Waals surface area contributed by atoms with Crippen molar-refractivity contribution in [3.63, 3.8) is 0 Å². The Balaban J connectivity index is 2.69. The zero-order chi connectivity index (χ0) is 8.55. The van der Waals surface area contributed by atoms with Crippen LogP contribution >= 0.6 is 11.8 Å². The Bertz CT molecular complexity index is 408. The highest BCUT2D eigenvalue weighted by Gasteiger charge is 2.00. The van der Waals surface area contributed by atoms with E-state index in [1.54, 1.807) is 16.4 Å². The first-order valence-electron chi connectivity index (χ1n) is 3.63. The zero-order valence-electron chi connectivity index (χ0n) is 6.98. The lowest BCUT2D eigenvalue weighted by Gasteiger charge is -1.95. The molecule has 0 aliphatic carbocycles. The molecule has 0 amide bonds. The molecule has 0 bridgehead atoms. The van der Waals surface area contributed by atoms with Crippen LogP contribution in [0.1, 0.15) is 0 Å². The van der Waals surface area contributed by atoms with Crippen LogP contribution in [0.15, 0.2) is 23.4 Å². The molecule has 0 aliphatic heterocycles. The van der Waals surface area contributed by atoms with Gasteiger partial charge in [0.05, 0.1) is 6.20 Å². The SMILES string of the molecule is CSc1cnc2c(cnn2C)c1. The smallest absolute Gasteiger partial charge is 0.157 e. The molecule has 12 heavy (non-hydrogen) atoms. The second-order valence-corrected chi connectivity index (χ2v) is 3.44. The second-order valence-electron chi connectivity index (χ2n) is 2.56. The van der Waals surface area contributed by atoms with Crippen molar-refractivity contribution < 1.29 is 0 Å². The number of aromatic nitrogens is 3. The summed E-state index contributed by atoms with van der Waals surface area (Å²) in [6.07, 6.45) is 5.75. The molecular formula is C8H9N3S. The fraction of sp³-hybridized carbons (Fsp3) is 0.250. The summed E-state index contributed by atoms with van der Waals surface area (Å²) >= 11 is 1.69. The molecule has 0 saturated heterocycles. The first-order valence-corrected chi connectivity index (χ1v) is 4.85. The van der Waals surface area contributed by atoms with Gasteiger partial charge in [-0.3, -0.25) is 4.68 Å². The van der Waals surface area contributed by atoms with Crippen LogP contribution in [0.3, 0.4) is 0 Å². The van der Waals surface area contributed by atoms with Crippen LogP contribution in [0.25, 0.3) is 11.0 Å². The Hall–Kier alpha value is -1.03. The first kappa shape index (κ1) is 7.61. The predicted octanol–water partition coefficient (Wildman–Crippen LogP) is 1.69. The number of aryl methyl sites for hydroxylation is 1. The molecule has 0 unspecified atom stereocenters. The highest BCUT2D eigenvalue weighted by atomic mass is 32.2. The minimum absolute atomic E-state index is 0.938.